The summed E-state index contributed by atoms with van der Waals surface area (Å²) in [5.74, 6) is -0.688. The average molecular weight is 226 g/mol. The quantitative estimate of drug-likeness (QED) is 0.540. The molecule has 0 aromatic heterocycles. The Bertz CT molecular complexity index is 240. The van der Waals surface area contributed by atoms with Crippen molar-refractivity contribution in [2.45, 2.75) is 19.3 Å². The van der Waals surface area contributed by atoms with Gasteiger partial charge in [0.25, 0.3) is 0 Å². The number of nitrogens with zero attached hydrogens (tertiary/aromatic N) is 2. The molecule has 5 nitrogen and oxygen atoms in total. The van der Waals surface area contributed by atoms with Gasteiger partial charge in [-0.3, -0.25) is 9.59 Å². The van der Waals surface area contributed by atoms with E-state index in [1.807, 2.05) is 0 Å². The first kappa shape index (κ1) is 11.4. The Morgan fingerprint density at radius 3 is 1.81 bits per heavy atom. The van der Waals surface area contributed by atoms with E-state index in [9.17, 15) is 9.59 Å². The molecule has 2 amide bonds. The number of rotatable bonds is 0. The molecule has 90 valence electrons. The Balaban J connectivity index is 1.89. The summed E-state index contributed by atoms with van der Waals surface area (Å²) in [5.41, 5.74) is 0. The molecule has 0 spiro atoms. The lowest BCUT2D eigenvalue weighted by Crippen LogP contribution is -2.50. The Labute approximate surface area is 95.3 Å². The van der Waals surface area contributed by atoms with E-state index >= 15 is 0 Å². The van der Waals surface area contributed by atoms with Crippen LogP contribution in [0.5, 0.6) is 0 Å². The minimum Gasteiger partial charge on any atom is -0.378 e. The van der Waals surface area contributed by atoms with Gasteiger partial charge in [-0.2, -0.15) is 0 Å². The van der Waals surface area contributed by atoms with Crippen LogP contribution in [-0.4, -0.2) is 61.0 Å². The topological polar surface area (TPSA) is 49.9 Å². The first-order valence-electron chi connectivity index (χ1n) is 5.95. The third-order valence-corrected chi connectivity index (χ3v) is 3.12. The maximum Gasteiger partial charge on any atom is 0.312 e. The molecule has 2 aliphatic rings. The van der Waals surface area contributed by atoms with Gasteiger partial charge in [-0.25, -0.2) is 0 Å². The van der Waals surface area contributed by atoms with Crippen molar-refractivity contribution in [2.75, 3.05) is 39.4 Å². The smallest absolute Gasteiger partial charge is 0.312 e. The lowest BCUT2D eigenvalue weighted by Gasteiger charge is -2.31. The highest BCUT2D eigenvalue weighted by molar-refractivity contribution is 6.34. The molecule has 0 aromatic carbocycles. The Hall–Kier alpha value is -1.10. The van der Waals surface area contributed by atoms with Crippen LogP contribution < -0.4 is 0 Å². The second-order valence-corrected chi connectivity index (χ2v) is 4.26. The fourth-order valence-electron chi connectivity index (χ4n) is 2.13. The maximum absolute atomic E-state index is 11.9. The number of hydrogen-bond donors (Lipinski definition) is 0. The molecule has 2 heterocycles. The SMILES string of the molecule is O=C(C(=O)N1CCOCC1)N1CCCCC1. The molecule has 16 heavy (non-hydrogen) atoms. The summed E-state index contributed by atoms with van der Waals surface area (Å²) in [6, 6.07) is 0. The first-order valence-corrected chi connectivity index (χ1v) is 5.95. The van der Waals surface area contributed by atoms with E-state index in [4.69, 9.17) is 4.74 Å². The average Bonchev–Trinajstić information content (AvgIpc) is 2.39. The molecule has 0 radical (unpaired) electrons. The fraction of sp³-hybridized carbons (Fsp3) is 0.818. The van der Waals surface area contributed by atoms with E-state index in [1.54, 1.807) is 9.80 Å². The normalized spacial score (nSPS) is 22.0. The van der Waals surface area contributed by atoms with Gasteiger partial charge >= 0.3 is 11.8 Å². The van der Waals surface area contributed by atoms with Gasteiger partial charge in [-0.05, 0) is 19.3 Å². The minimum atomic E-state index is -0.356. The van der Waals surface area contributed by atoms with E-state index in [-0.39, 0.29) is 11.8 Å². The highest BCUT2D eigenvalue weighted by Gasteiger charge is 2.28. The monoisotopic (exact) mass is 226 g/mol. The van der Waals surface area contributed by atoms with Crippen LogP contribution in [-0.2, 0) is 14.3 Å². The van der Waals surface area contributed by atoms with Crippen LogP contribution in [0.2, 0.25) is 0 Å². The van der Waals surface area contributed by atoms with Gasteiger partial charge in [0.2, 0.25) is 0 Å². The fourth-order valence-corrected chi connectivity index (χ4v) is 2.13. The van der Waals surface area contributed by atoms with Crippen molar-refractivity contribution in [3.05, 3.63) is 0 Å². The predicted octanol–water partition coefficient (Wildman–Crippen LogP) is -0.142. The maximum atomic E-state index is 11.9. The summed E-state index contributed by atoms with van der Waals surface area (Å²) in [5, 5.41) is 0. The van der Waals surface area contributed by atoms with Crippen molar-refractivity contribution < 1.29 is 14.3 Å². The number of likely N-dealkylation sites (tertiary alicyclic amines) is 1. The third-order valence-electron chi connectivity index (χ3n) is 3.12. The van der Waals surface area contributed by atoms with Crippen LogP contribution in [0, 0.1) is 0 Å². The highest BCUT2D eigenvalue weighted by atomic mass is 16.5. The van der Waals surface area contributed by atoms with Gasteiger partial charge in [0.05, 0.1) is 13.2 Å². The predicted molar refractivity (Wildman–Crippen MR) is 57.8 cm³/mol. The standard InChI is InChI=1S/C11H18N2O3/c14-10(12-4-2-1-3-5-12)11(15)13-6-8-16-9-7-13/h1-9H2. The van der Waals surface area contributed by atoms with Gasteiger partial charge < -0.3 is 14.5 Å². The summed E-state index contributed by atoms with van der Waals surface area (Å²) >= 11 is 0. The molecule has 2 aliphatic heterocycles. The zero-order valence-electron chi connectivity index (χ0n) is 9.48. The number of carbonyl (C=O) groups excluding carboxylic acids is 2. The summed E-state index contributed by atoms with van der Waals surface area (Å²) < 4.78 is 5.16. The van der Waals surface area contributed by atoms with Gasteiger partial charge in [-0.1, -0.05) is 0 Å². The molecule has 0 N–H and O–H groups in total. The Morgan fingerprint density at radius 2 is 1.25 bits per heavy atom. The minimum absolute atomic E-state index is 0.332. The van der Waals surface area contributed by atoms with Crippen LogP contribution in [0.25, 0.3) is 0 Å². The zero-order chi connectivity index (χ0) is 11.4. The van der Waals surface area contributed by atoms with Crippen LogP contribution in [0.3, 0.4) is 0 Å². The summed E-state index contributed by atoms with van der Waals surface area (Å²) in [7, 11) is 0. The van der Waals surface area contributed by atoms with Crippen LogP contribution in [0.4, 0.5) is 0 Å². The van der Waals surface area contributed by atoms with Crippen molar-refractivity contribution in [1.29, 1.82) is 0 Å². The largest absolute Gasteiger partial charge is 0.378 e. The Morgan fingerprint density at radius 1 is 0.750 bits per heavy atom. The Kier molecular flexibility index (Phi) is 3.77. The molecule has 2 fully saturated rings. The second kappa shape index (κ2) is 5.30. The van der Waals surface area contributed by atoms with Crippen molar-refractivity contribution >= 4 is 11.8 Å². The molecule has 0 saturated carbocycles. The number of amides is 2. The first-order chi connectivity index (χ1) is 7.79. The number of piperidine rings is 1. The van der Waals surface area contributed by atoms with Crippen LogP contribution in [0.1, 0.15) is 19.3 Å². The molecular formula is C11H18N2O3. The summed E-state index contributed by atoms with van der Waals surface area (Å²) in [6.07, 6.45) is 3.19. The van der Waals surface area contributed by atoms with Gasteiger partial charge in [-0.15, -0.1) is 0 Å². The number of carbonyl (C=O) groups is 2. The van der Waals surface area contributed by atoms with Crippen LogP contribution in [0.15, 0.2) is 0 Å². The molecule has 0 aromatic rings. The van der Waals surface area contributed by atoms with E-state index in [0.717, 1.165) is 32.4 Å². The summed E-state index contributed by atoms with van der Waals surface area (Å²) in [6.45, 7) is 3.62. The van der Waals surface area contributed by atoms with E-state index in [2.05, 4.69) is 0 Å². The van der Waals surface area contributed by atoms with E-state index in [1.165, 1.54) is 0 Å². The lowest BCUT2D eigenvalue weighted by molar-refractivity contribution is -0.154. The molecule has 0 atom stereocenters. The molecule has 0 unspecified atom stereocenters. The molecule has 5 heteroatoms. The number of hydrogen-bond acceptors (Lipinski definition) is 3. The van der Waals surface area contributed by atoms with Crippen molar-refractivity contribution in [3.8, 4) is 0 Å². The highest BCUT2D eigenvalue weighted by Crippen LogP contribution is 2.10. The third kappa shape index (κ3) is 2.52. The van der Waals surface area contributed by atoms with Gasteiger partial charge in [0, 0.05) is 26.2 Å². The molecule has 0 bridgehead atoms. The van der Waals surface area contributed by atoms with Gasteiger partial charge in [0.1, 0.15) is 0 Å². The number of morpholine rings is 1. The van der Waals surface area contributed by atoms with E-state index < -0.39 is 0 Å². The van der Waals surface area contributed by atoms with E-state index in [0.29, 0.717) is 26.3 Å². The molecule has 2 saturated heterocycles. The summed E-state index contributed by atoms with van der Waals surface area (Å²) in [4.78, 5) is 27.0. The van der Waals surface area contributed by atoms with Gasteiger partial charge in [0.15, 0.2) is 0 Å². The second-order valence-electron chi connectivity index (χ2n) is 4.26. The number of ether oxygens (including phenoxy) is 1. The lowest BCUT2D eigenvalue weighted by atomic mass is 10.1. The molecule has 2 rings (SSSR count). The molecule has 0 aliphatic carbocycles. The molecular weight excluding hydrogens is 208 g/mol. The zero-order valence-corrected chi connectivity index (χ0v) is 9.48. The van der Waals surface area contributed by atoms with Crippen molar-refractivity contribution in [1.82, 2.24) is 9.80 Å². The van der Waals surface area contributed by atoms with Crippen LogP contribution >= 0.6 is 0 Å². The van der Waals surface area contributed by atoms with Crippen molar-refractivity contribution in [3.63, 3.8) is 0 Å². The van der Waals surface area contributed by atoms with Crippen molar-refractivity contribution in [2.24, 2.45) is 0 Å².